The highest BCUT2D eigenvalue weighted by atomic mass is 33.1. The minimum Gasteiger partial charge on any atom is -0.504 e. The van der Waals surface area contributed by atoms with Crippen molar-refractivity contribution in [3.05, 3.63) is 88.7 Å². The van der Waals surface area contributed by atoms with Crippen LogP contribution < -0.4 is 15.8 Å². The number of fused-ring (bicyclic) bond motifs is 2. The predicted molar refractivity (Wildman–Crippen MR) is 187 cm³/mol. The number of hydrogen-bond acceptors (Lipinski definition) is 8. The summed E-state index contributed by atoms with van der Waals surface area (Å²) in [4.78, 5) is 25.6. The first-order valence-corrected chi connectivity index (χ1v) is 18.6. The summed E-state index contributed by atoms with van der Waals surface area (Å²) in [7, 11) is 5.36. The van der Waals surface area contributed by atoms with Gasteiger partial charge in [-0.2, -0.15) is 0 Å². The van der Waals surface area contributed by atoms with Crippen LogP contribution in [0.15, 0.2) is 72.0 Å². The smallest absolute Gasteiger partial charge is 0.163 e. The highest BCUT2D eigenvalue weighted by Gasteiger charge is 2.45. The third-order valence-electron chi connectivity index (χ3n) is 9.59. The number of phenols is 1. The van der Waals surface area contributed by atoms with Gasteiger partial charge in [-0.25, -0.2) is 0 Å². The number of Topliss-reactive ketones (excluding diaryl/α,β-unsaturated/α-hetero) is 1. The van der Waals surface area contributed by atoms with E-state index in [0.717, 1.165) is 48.1 Å². The van der Waals surface area contributed by atoms with Gasteiger partial charge >= 0.3 is 0 Å². The first-order valence-electron chi connectivity index (χ1n) is 16.2. The fourth-order valence-electron chi connectivity index (χ4n) is 6.92. The highest BCUT2D eigenvalue weighted by molar-refractivity contribution is 8.77. The summed E-state index contributed by atoms with van der Waals surface area (Å²) in [6.45, 7) is 2.19. The molecule has 0 radical (unpaired) electrons. The van der Waals surface area contributed by atoms with Crippen LogP contribution in [0.25, 0.3) is 6.08 Å². The van der Waals surface area contributed by atoms with Crippen LogP contribution in [0.2, 0.25) is 0 Å². The number of carbonyl (C=O) groups is 2. The van der Waals surface area contributed by atoms with Gasteiger partial charge in [-0.05, 0) is 77.6 Å². The van der Waals surface area contributed by atoms with Crippen molar-refractivity contribution in [3.63, 3.8) is 0 Å². The maximum atomic E-state index is 12.8. The van der Waals surface area contributed by atoms with E-state index in [9.17, 15) is 14.7 Å². The molecule has 5 rings (SSSR count). The van der Waals surface area contributed by atoms with Gasteiger partial charge in [0.2, 0.25) is 0 Å². The lowest BCUT2D eigenvalue weighted by Crippen LogP contribution is -2.48. The Hall–Kier alpha value is -2.94. The minimum absolute atomic E-state index is 0.0182. The molecule has 2 aliphatic heterocycles. The molecular weight excluding hydrogens is 601 g/mol. The molecule has 1 aliphatic carbocycles. The molecule has 1 saturated carbocycles. The lowest BCUT2D eigenvalue weighted by molar-refractivity contribution is -0.124. The van der Waals surface area contributed by atoms with Crippen LogP contribution in [-0.4, -0.2) is 41.0 Å². The number of hydrogen-bond donors (Lipinski definition) is 3. The molecule has 240 valence electrons. The second kappa shape index (κ2) is 15.6. The normalized spacial score (nSPS) is 24.7. The fraction of sp³-hybridized carbons (Fsp3) is 0.459. The van der Waals surface area contributed by atoms with Gasteiger partial charge in [0, 0.05) is 29.0 Å². The number of dihydropyridines is 1. The molecule has 2 aromatic carbocycles. The lowest BCUT2D eigenvalue weighted by atomic mass is 9.65. The monoisotopic (exact) mass is 646 g/mol. The number of benzene rings is 2. The molecular formula is C37H46N2O4S2. The zero-order valence-corrected chi connectivity index (χ0v) is 28.1. The topological polar surface area (TPSA) is 102 Å². The summed E-state index contributed by atoms with van der Waals surface area (Å²) >= 11 is 0. The number of nitrogens with two attached hydrogens (primary N) is 1. The number of allylic oxidation sites excluding steroid dienone is 3. The van der Waals surface area contributed by atoms with Crippen molar-refractivity contribution in [3.8, 4) is 11.5 Å². The van der Waals surface area contributed by atoms with Gasteiger partial charge < -0.3 is 20.9 Å². The van der Waals surface area contributed by atoms with E-state index in [4.69, 9.17) is 10.5 Å². The Balaban J connectivity index is 1.60. The summed E-state index contributed by atoms with van der Waals surface area (Å²) in [5, 5.41) is 14.3. The Morgan fingerprint density at radius 3 is 2.58 bits per heavy atom. The van der Waals surface area contributed by atoms with Gasteiger partial charge in [0.25, 0.3) is 0 Å². The number of phenolic OH excluding ortho intramolecular Hbond substituents is 1. The molecule has 3 unspecified atom stereocenters. The van der Waals surface area contributed by atoms with E-state index in [-0.39, 0.29) is 40.6 Å². The zero-order chi connectivity index (χ0) is 31.8. The van der Waals surface area contributed by atoms with Crippen LogP contribution in [0.3, 0.4) is 0 Å². The van der Waals surface area contributed by atoms with E-state index < -0.39 is 0 Å². The standard InChI is InChI=1S/C37H46N2O4S2/c1-3-25-12-14-30(40)22-31(41)15-13-27-21-34(43-2)33(42)20-28(27)18-26-19-32(36(38)39-23-26)35(45-44-24-25)37(16-8-5-9-17-37)29-10-6-4-7-11-29/h4,6-7,10-11,13,15,19-21,23,25,35-36,39,42H,3,5,8-9,12,14,16-18,22,24,38H2,1-2H3. The Morgan fingerprint density at radius 2 is 1.84 bits per heavy atom. The van der Waals surface area contributed by atoms with Crippen LogP contribution in [0.1, 0.15) is 81.4 Å². The molecule has 1 fully saturated rings. The van der Waals surface area contributed by atoms with Crippen molar-refractivity contribution in [2.45, 2.75) is 88.0 Å². The van der Waals surface area contributed by atoms with Gasteiger partial charge in [0.15, 0.2) is 17.3 Å². The molecule has 4 N–H and O–H groups in total. The molecule has 2 heterocycles. The molecule has 0 aromatic heterocycles. The Kier molecular flexibility index (Phi) is 11.6. The average molecular weight is 647 g/mol. The molecule has 3 atom stereocenters. The molecule has 8 heteroatoms. The molecule has 6 nitrogen and oxygen atoms in total. The van der Waals surface area contributed by atoms with E-state index in [1.165, 1.54) is 43.6 Å². The summed E-state index contributed by atoms with van der Waals surface area (Å²) < 4.78 is 5.39. The van der Waals surface area contributed by atoms with Crippen molar-refractivity contribution >= 4 is 39.2 Å². The highest BCUT2D eigenvalue weighted by Crippen LogP contribution is 2.53. The third-order valence-corrected chi connectivity index (χ3v) is 12.6. The van der Waals surface area contributed by atoms with E-state index >= 15 is 0 Å². The number of nitrogens with one attached hydrogen (secondary N) is 1. The largest absolute Gasteiger partial charge is 0.504 e. The zero-order valence-electron chi connectivity index (χ0n) is 26.4. The maximum Gasteiger partial charge on any atom is 0.163 e. The van der Waals surface area contributed by atoms with E-state index in [2.05, 4.69) is 48.6 Å². The third kappa shape index (κ3) is 8.08. The van der Waals surface area contributed by atoms with Crippen molar-refractivity contribution in [2.24, 2.45) is 11.7 Å². The van der Waals surface area contributed by atoms with E-state index in [1.807, 2.05) is 27.8 Å². The summed E-state index contributed by atoms with van der Waals surface area (Å²) in [5.74, 6) is 1.47. The van der Waals surface area contributed by atoms with Crippen molar-refractivity contribution < 1.29 is 19.4 Å². The second-order valence-corrected chi connectivity index (χ2v) is 15.1. The van der Waals surface area contributed by atoms with Gasteiger partial charge in [-0.15, -0.1) is 0 Å². The molecule has 0 amide bonds. The van der Waals surface area contributed by atoms with Gasteiger partial charge in [0.05, 0.1) is 19.7 Å². The van der Waals surface area contributed by atoms with Crippen LogP contribution in [0.4, 0.5) is 0 Å². The van der Waals surface area contributed by atoms with Crippen molar-refractivity contribution in [2.75, 3.05) is 12.9 Å². The molecule has 45 heavy (non-hydrogen) atoms. The number of carbonyl (C=O) groups excluding carboxylic acids is 2. The van der Waals surface area contributed by atoms with Crippen molar-refractivity contribution in [1.82, 2.24) is 5.32 Å². The Morgan fingerprint density at radius 1 is 1.07 bits per heavy atom. The molecule has 2 bridgehead atoms. The van der Waals surface area contributed by atoms with Gasteiger partial charge in [-0.1, -0.05) is 96.7 Å². The van der Waals surface area contributed by atoms with Crippen LogP contribution in [0.5, 0.6) is 11.5 Å². The van der Waals surface area contributed by atoms with E-state index in [0.29, 0.717) is 24.5 Å². The molecule has 3 aliphatic rings. The molecule has 0 saturated heterocycles. The number of rotatable bonds is 4. The Bertz CT molecular complexity index is 1450. The quantitative estimate of drug-likeness (QED) is 0.230. The fourth-order valence-corrected chi connectivity index (χ4v) is 10.7. The summed E-state index contributed by atoms with van der Waals surface area (Å²) in [6, 6.07) is 14.4. The molecule has 2 aromatic rings. The summed E-state index contributed by atoms with van der Waals surface area (Å²) in [5.41, 5.74) is 12.1. The van der Waals surface area contributed by atoms with E-state index in [1.54, 1.807) is 18.2 Å². The van der Waals surface area contributed by atoms with Gasteiger partial charge in [0.1, 0.15) is 5.78 Å². The first kappa shape index (κ1) is 33.4. The number of ether oxygens (including phenoxy) is 1. The maximum absolute atomic E-state index is 12.8. The minimum atomic E-state index is -0.319. The Labute approximate surface area is 275 Å². The summed E-state index contributed by atoms with van der Waals surface area (Å²) in [6.07, 6.45) is 15.6. The van der Waals surface area contributed by atoms with Crippen LogP contribution in [-0.2, 0) is 21.4 Å². The van der Waals surface area contributed by atoms with Crippen LogP contribution >= 0.6 is 21.6 Å². The number of aromatic hydroxyl groups is 1. The predicted octanol–water partition coefficient (Wildman–Crippen LogP) is 7.66. The SMILES string of the molecule is CCC1CCC(=O)CC(=O)C=Cc2cc(OC)c(O)cc2CC2=CNC(N)C(=C2)C(C2(c3ccccc3)CCCCC2)SSC1. The van der Waals surface area contributed by atoms with Crippen molar-refractivity contribution in [1.29, 1.82) is 0 Å². The second-order valence-electron chi connectivity index (χ2n) is 12.6. The first-order chi connectivity index (χ1) is 21.8. The molecule has 0 spiro atoms. The van der Waals surface area contributed by atoms with Crippen LogP contribution in [0, 0.1) is 5.92 Å². The van der Waals surface area contributed by atoms with Gasteiger partial charge in [-0.3, -0.25) is 9.59 Å². The lowest BCUT2D eigenvalue weighted by Gasteiger charge is -2.46. The average Bonchev–Trinajstić information content (AvgIpc) is 3.05. The number of ketones is 2. The number of methoxy groups -OCH3 is 1.